The van der Waals surface area contributed by atoms with E-state index in [1.54, 1.807) is 7.05 Å². The Hall–Kier alpha value is -1.63. The molecule has 0 amide bonds. The Bertz CT molecular complexity index is 466. The van der Waals surface area contributed by atoms with Crippen molar-refractivity contribution in [3.8, 4) is 5.88 Å². The van der Waals surface area contributed by atoms with Gasteiger partial charge in [-0.3, -0.25) is 10.1 Å². The third kappa shape index (κ3) is 3.27. The van der Waals surface area contributed by atoms with Gasteiger partial charge >= 0.3 is 5.69 Å². The number of hydrogen-bond donors (Lipinski definition) is 1. The second kappa shape index (κ2) is 6.69. The molecule has 1 aromatic rings. The highest BCUT2D eigenvalue weighted by atomic mass is 16.6. The summed E-state index contributed by atoms with van der Waals surface area (Å²) in [5.41, 5.74) is 0.489. The summed E-state index contributed by atoms with van der Waals surface area (Å²) in [5, 5.41) is 18.7. The first kappa shape index (κ1) is 14.8. The maximum Gasteiger partial charge on any atom is 0.353 e. The van der Waals surface area contributed by atoms with Gasteiger partial charge in [0.2, 0.25) is 0 Å². The number of nitrogens with zero attached hydrogens (tertiary/aromatic N) is 3. The van der Waals surface area contributed by atoms with E-state index in [9.17, 15) is 10.1 Å². The van der Waals surface area contributed by atoms with E-state index in [-0.39, 0.29) is 11.6 Å². The van der Waals surface area contributed by atoms with Crippen molar-refractivity contribution in [1.29, 1.82) is 0 Å². The first-order chi connectivity index (χ1) is 9.63. The van der Waals surface area contributed by atoms with Crippen LogP contribution >= 0.6 is 0 Å². The molecule has 0 aromatic carbocycles. The monoisotopic (exact) mass is 282 g/mol. The molecule has 2 rings (SSSR count). The Morgan fingerprint density at radius 1 is 1.60 bits per heavy atom. The number of rotatable bonds is 6. The Balaban J connectivity index is 1.97. The van der Waals surface area contributed by atoms with Gasteiger partial charge in [-0.15, -0.1) is 0 Å². The van der Waals surface area contributed by atoms with Gasteiger partial charge in [0.05, 0.1) is 11.5 Å². The summed E-state index contributed by atoms with van der Waals surface area (Å²) in [5.74, 6) is 0.872. The summed E-state index contributed by atoms with van der Waals surface area (Å²) < 4.78 is 7.11. The smallest absolute Gasteiger partial charge is 0.353 e. The Morgan fingerprint density at radius 3 is 3.00 bits per heavy atom. The molecule has 1 saturated heterocycles. The van der Waals surface area contributed by atoms with Crippen molar-refractivity contribution in [3.05, 3.63) is 15.8 Å². The highest BCUT2D eigenvalue weighted by Gasteiger charge is 2.27. The molecule has 1 aliphatic heterocycles. The molecule has 0 aliphatic carbocycles. The van der Waals surface area contributed by atoms with Gasteiger partial charge in [-0.25, -0.2) is 4.68 Å². The molecule has 112 valence electrons. The molecule has 7 heteroatoms. The zero-order valence-corrected chi connectivity index (χ0v) is 12.1. The number of aromatic nitrogens is 2. The fraction of sp³-hybridized carbons (Fsp3) is 0.769. The first-order valence-corrected chi connectivity index (χ1v) is 7.17. The van der Waals surface area contributed by atoms with Crippen LogP contribution in [0.2, 0.25) is 0 Å². The molecule has 0 spiro atoms. The highest BCUT2D eigenvalue weighted by Crippen LogP contribution is 2.31. The number of nitrogens with one attached hydrogen (secondary N) is 1. The summed E-state index contributed by atoms with van der Waals surface area (Å²) >= 11 is 0. The van der Waals surface area contributed by atoms with Gasteiger partial charge in [0.1, 0.15) is 5.69 Å². The lowest BCUT2D eigenvalue weighted by molar-refractivity contribution is -0.386. The molecule has 7 nitrogen and oxygen atoms in total. The zero-order chi connectivity index (χ0) is 14.5. The molecule has 1 atom stereocenters. The quantitative estimate of drug-likeness (QED) is 0.634. The minimum Gasteiger partial charge on any atom is -0.473 e. The lowest BCUT2D eigenvalue weighted by atomic mass is 9.97. The van der Waals surface area contributed by atoms with E-state index in [0.29, 0.717) is 24.6 Å². The van der Waals surface area contributed by atoms with Gasteiger partial charge < -0.3 is 10.1 Å². The van der Waals surface area contributed by atoms with Crippen LogP contribution in [0.3, 0.4) is 0 Å². The van der Waals surface area contributed by atoms with Crippen molar-refractivity contribution in [2.24, 2.45) is 13.0 Å². The van der Waals surface area contributed by atoms with Crippen LogP contribution in [0.15, 0.2) is 0 Å². The minimum absolute atomic E-state index is 0.0109. The largest absolute Gasteiger partial charge is 0.473 e. The Morgan fingerprint density at radius 2 is 2.40 bits per heavy atom. The normalized spacial score (nSPS) is 19.0. The summed E-state index contributed by atoms with van der Waals surface area (Å²) in [6.45, 7) is 4.45. The maximum atomic E-state index is 11.1. The van der Waals surface area contributed by atoms with E-state index in [1.165, 1.54) is 17.5 Å². The van der Waals surface area contributed by atoms with Crippen molar-refractivity contribution in [3.63, 3.8) is 0 Å². The molecule has 0 radical (unpaired) electrons. The lowest BCUT2D eigenvalue weighted by Gasteiger charge is -2.22. The Labute approximate surface area is 118 Å². The Kier molecular flexibility index (Phi) is 4.94. The van der Waals surface area contributed by atoms with Crippen molar-refractivity contribution in [2.75, 3.05) is 19.7 Å². The third-order valence-corrected chi connectivity index (χ3v) is 3.72. The average molecular weight is 282 g/mol. The van der Waals surface area contributed by atoms with Crippen LogP contribution in [0.1, 0.15) is 31.9 Å². The summed E-state index contributed by atoms with van der Waals surface area (Å²) in [4.78, 5) is 10.7. The standard InChI is InChI=1S/C13H22N4O3/c1-3-11-12(17(18)19)13(16(2)15-11)20-8-6-10-5-4-7-14-9-10/h10,14H,3-9H2,1-2H3. The zero-order valence-electron chi connectivity index (χ0n) is 12.1. The van der Waals surface area contributed by atoms with Gasteiger partial charge in [0.15, 0.2) is 0 Å². The van der Waals surface area contributed by atoms with Crippen molar-refractivity contribution < 1.29 is 9.66 Å². The van der Waals surface area contributed by atoms with E-state index < -0.39 is 4.92 Å². The summed E-state index contributed by atoms with van der Waals surface area (Å²) in [6.07, 6.45) is 3.83. The fourth-order valence-electron chi connectivity index (χ4n) is 2.63. The van der Waals surface area contributed by atoms with E-state index >= 15 is 0 Å². The van der Waals surface area contributed by atoms with Crippen LogP contribution in [0.5, 0.6) is 5.88 Å². The van der Waals surface area contributed by atoms with Crippen LogP contribution in [-0.2, 0) is 13.5 Å². The number of nitro groups is 1. The van der Waals surface area contributed by atoms with Gasteiger partial charge in [-0.05, 0) is 44.7 Å². The number of ether oxygens (including phenoxy) is 1. The van der Waals surface area contributed by atoms with E-state index in [2.05, 4.69) is 10.4 Å². The molecule has 1 fully saturated rings. The van der Waals surface area contributed by atoms with Crippen LogP contribution < -0.4 is 10.1 Å². The second-order valence-corrected chi connectivity index (χ2v) is 5.18. The predicted octanol–water partition coefficient (Wildman–Crippen LogP) is 1.66. The molecule has 0 saturated carbocycles. The molecule has 1 aliphatic rings. The second-order valence-electron chi connectivity index (χ2n) is 5.18. The van der Waals surface area contributed by atoms with Crippen LogP contribution in [0, 0.1) is 16.0 Å². The number of hydrogen-bond acceptors (Lipinski definition) is 5. The maximum absolute atomic E-state index is 11.1. The van der Waals surface area contributed by atoms with Crippen LogP contribution in [-0.4, -0.2) is 34.4 Å². The van der Waals surface area contributed by atoms with Gasteiger partial charge in [-0.2, -0.15) is 5.10 Å². The minimum atomic E-state index is -0.399. The fourth-order valence-corrected chi connectivity index (χ4v) is 2.63. The van der Waals surface area contributed by atoms with Crippen LogP contribution in [0.25, 0.3) is 0 Å². The summed E-state index contributed by atoms with van der Waals surface area (Å²) in [6, 6.07) is 0. The molecular weight excluding hydrogens is 260 g/mol. The molecule has 1 N–H and O–H groups in total. The van der Waals surface area contributed by atoms with Crippen molar-refractivity contribution >= 4 is 5.69 Å². The molecular formula is C13H22N4O3. The third-order valence-electron chi connectivity index (χ3n) is 3.72. The van der Waals surface area contributed by atoms with Crippen molar-refractivity contribution in [1.82, 2.24) is 15.1 Å². The molecule has 1 aromatic heterocycles. The molecule has 1 unspecified atom stereocenters. The van der Waals surface area contributed by atoms with E-state index in [4.69, 9.17) is 4.74 Å². The lowest BCUT2D eigenvalue weighted by Crippen LogP contribution is -2.30. The van der Waals surface area contributed by atoms with Gasteiger partial charge in [-0.1, -0.05) is 6.92 Å². The molecule has 0 bridgehead atoms. The SMILES string of the molecule is CCc1nn(C)c(OCCC2CCCNC2)c1[N+](=O)[O-]. The molecule has 20 heavy (non-hydrogen) atoms. The van der Waals surface area contributed by atoms with Gasteiger partial charge in [0.25, 0.3) is 5.88 Å². The van der Waals surface area contributed by atoms with E-state index in [0.717, 1.165) is 19.5 Å². The predicted molar refractivity (Wildman–Crippen MR) is 74.9 cm³/mol. The summed E-state index contributed by atoms with van der Waals surface area (Å²) in [7, 11) is 1.68. The number of piperidine rings is 1. The number of aryl methyl sites for hydroxylation is 2. The average Bonchev–Trinajstić information content (AvgIpc) is 2.77. The van der Waals surface area contributed by atoms with Crippen LogP contribution in [0.4, 0.5) is 5.69 Å². The van der Waals surface area contributed by atoms with E-state index in [1.807, 2.05) is 6.92 Å². The van der Waals surface area contributed by atoms with Gasteiger partial charge in [0, 0.05) is 7.05 Å². The molecule has 2 heterocycles. The topological polar surface area (TPSA) is 82.2 Å². The first-order valence-electron chi connectivity index (χ1n) is 7.17. The van der Waals surface area contributed by atoms with Crippen molar-refractivity contribution in [2.45, 2.75) is 32.6 Å². The highest BCUT2D eigenvalue weighted by molar-refractivity contribution is 5.46.